The summed E-state index contributed by atoms with van der Waals surface area (Å²) in [5.41, 5.74) is 1.83. The number of benzene rings is 1. The Morgan fingerprint density at radius 2 is 1.77 bits per heavy atom. The van der Waals surface area contributed by atoms with Crippen LogP contribution in [0.5, 0.6) is 0 Å². The van der Waals surface area contributed by atoms with Gasteiger partial charge in [0.15, 0.2) is 0 Å². The lowest BCUT2D eigenvalue weighted by molar-refractivity contribution is 0.492. The number of thiophene rings is 1. The van der Waals surface area contributed by atoms with Gasteiger partial charge in [-0.3, -0.25) is 0 Å². The fraction of sp³-hybridized carbons (Fsp3) is 0.412. The fourth-order valence-electron chi connectivity index (χ4n) is 2.12. The van der Waals surface area contributed by atoms with Crippen LogP contribution in [0, 0.1) is 0 Å². The molecule has 120 valence electrons. The lowest BCUT2D eigenvalue weighted by atomic mass is 10.0. The minimum atomic E-state index is -3.46. The normalized spacial score (nSPS) is 12.8. The fourth-order valence-corrected chi connectivity index (χ4v) is 4.85. The molecule has 5 heteroatoms. The van der Waals surface area contributed by atoms with E-state index in [1.807, 2.05) is 39.0 Å². The van der Waals surface area contributed by atoms with Gasteiger partial charge in [-0.05, 0) is 49.9 Å². The van der Waals surface area contributed by atoms with E-state index < -0.39 is 15.6 Å². The molecule has 0 atom stereocenters. The Bertz CT molecular complexity index is 753. The van der Waals surface area contributed by atoms with Crippen molar-refractivity contribution in [2.45, 2.75) is 50.3 Å². The number of rotatable bonds is 4. The predicted molar refractivity (Wildman–Crippen MR) is 93.9 cm³/mol. The lowest BCUT2D eigenvalue weighted by Gasteiger charge is -2.19. The molecule has 0 bridgehead atoms. The van der Waals surface area contributed by atoms with Crippen molar-refractivity contribution >= 4 is 21.4 Å². The zero-order valence-corrected chi connectivity index (χ0v) is 15.3. The quantitative estimate of drug-likeness (QED) is 0.885. The minimum absolute atomic E-state index is 0.354. The summed E-state index contributed by atoms with van der Waals surface area (Å²) in [7, 11) is -3.46. The van der Waals surface area contributed by atoms with Crippen LogP contribution in [0.2, 0.25) is 0 Å². The zero-order chi connectivity index (χ0) is 16.5. The van der Waals surface area contributed by atoms with E-state index in [0.717, 1.165) is 10.4 Å². The van der Waals surface area contributed by atoms with Crippen molar-refractivity contribution in [3.8, 4) is 10.4 Å². The molecule has 0 fully saturated rings. The average molecular weight is 338 g/mol. The molecule has 0 radical (unpaired) electrons. The van der Waals surface area contributed by atoms with E-state index in [2.05, 4.69) is 30.7 Å². The molecule has 0 aliphatic heterocycles. The van der Waals surface area contributed by atoms with Gasteiger partial charge in [-0.1, -0.05) is 38.1 Å². The molecule has 0 saturated heterocycles. The molecular weight excluding hydrogens is 314 g/mol. The summed E-state index contributed by atoms with van der Waals surface area (Å²) in [6.07, 6.45) is 0. The maximum absolute atomic E-state index is 12.4. The van der Waals surface area contributed by atoms with E-state index in [0.29, 0.717) is 10.1 Å². The molecule has 2 rings (SSSR count). The second-order valence-corrected chi connectivity index (χ2v) is 9.75. The number of hydrogen-bond acceptors (Lipinski definition) is 3. The van der Waals surface area contributed by atoms with Gasteiger partial charge in [-0.25, -0.2) is 13.1 Å². The van der Waals surface area contributed by atoms with Crippen LogP contribution in [0.1, 0.15) is 46.1 Å². The van der Waals surface area contributed by atoms with Gasteiger partial charge in [0, 0.05) is 10.4 Å². The maximum atomic E-state index is 12.4. The van der Waals surface area contributed by atoms with Crippen molar-refractivity contribution in [2.24, 2.45) is 0 Å². The van der Waals surface area contributed by atoms with Crippen LogP contribution in [0.15, 0.2) is 40.6 Å². The van der Waals surface area contributed by atoms with Crippen LogP contribution in [0.25, 0.3) is 10.4 Å². The summed E-state index contributed by atoms with van der Waals surface area (Å²) in [6, 6.07) is 11.8. The van der Waals surface area contributed by atoms with Crippen molar-refractivity contribution < 1.29 is 8.42 Å². The van der Waals surface area contributed by atoms with Crippen molar-refractivity contribution in [3.63, 3.8) is 0 Å². The van der Waals surface area contributed by atoms with Gasteiger partial charge in [-0.15, -0.1) is 11.3 Å². The Kier molecular flexibility index (Phi) is 4.80. The third-order valence-corrected chi connectivity index (χ3v) is 6.51. The van der Waals surface area contributed by atoms with Crippen LogP contribution in [0.4, 0.5) is 0 Å². The summed E-state index contributed by atoms with van der Waals surface area (Å²) in [6.45, 7) is 9.81. The molecule has 0 amide bonds. The molecule has 1 aromatic heterocycles. The first kappa shape index (κ1) is 17.2. The predicted octanol–water partition coefficient (Wildman–Crippen LogP) is 4.62. The Labute approximate surface area is 137 Å². The van der Waals surface area contributed by atoms with Crippen LogP contribution >= 0.6 is 11.3 Å². The maximum Gasteiger partial charge on any atom is 0.250 e. The topological polar surface area (TPSA) is 46.2 Å². The van der Waals surface area contributed by atoms with E-state index in [4.69, 9.17) is 0 Å². The Morgan fingerprint density at radius 3 is 2.36 bits per heavy atom. The second kappa shape index (κ2) is 6.14. The largest absolute Gasteiger partial charge is 0.250 e. The van der Waals surface area contributed by atoms with Gasteiger partial charge in [-0.2, -0.15) is 0 Å². The first-order valence-electron chi connectivity index (χ1n) is 7.33. The summed E-state index contributed by atoms with van der Waals surface area (Å²) in [5.74, 6) is 0.450. The molecule has 0 aliphatic rings. The van der Waals surface area contributed by atoms with E-state index >= 15 is 0 Å². The Hall–Kier alpha value is -1.17. The molecule has 1 heterocycles. The highest BCUT2D eigenvalue weighted by Gasteiger charge is 2.23. The highest BCUT2D eigenvalue weighted by molar-refractivity contribution is 7.91. The van der Waals surface area contributed by atoms with Crippen molar-refractivity contribution in [2.75, 3.05) is 0 Å². The van der Waals surface area contributed by atoms with Crippen LogP contribution in [-0.2, 0) is 10.0 Å². The Balaban J connectivity index is 2.34. The number of sulfonamides is 1. The highest BCUT2D eigenvalue weighted by Crippen LogP contribution is 2.32. The SMILES string of the molecule is CC(C)c1cccc(-c2ccc(S(=O)(=O)NC(C)(C)C)s2)c1. The van der Waals surface area contributed by atoms with Crippen LogP contribution in [0.3, 0.4) is 0 Å². The van der Waals surface area contributed by atoms with Gasteiger partial charge >= 0.3 is 0 Å². The molecule has 0 saturated carbocycles. The minimum Gasteiger partial charge on any atom is -0.206 e. The summed E-state index contributed by atoms with van der Waals surface area (Å²) < 4.78 is 27.8. The standard InChI is InChI=1S/C17H23NO2S2/c1-12(2)13-7-6-8-14(11-13)15-9-10-16(21-15)22(19,20)18-17(3,4)5/h6-12,18H,1-5H3. The number of hydrogen-bond donors (Lipinski definition) is 1. The molecule has 0 aliphatic carbocycles. The van der Waals surface area contributed by atoms with Gasteiger partial charge in [0.1, 0.15) is 4.21 Å². The third kappa shape index (κ3) is 4.18. The third-order valence-electron chi connectivity index (χ3n) is 3.12. The highest BCUT2D eigenvalue weighted by atomic mass is 32.2. The van der Waals surface area contributed by atoms with Gasteiger partial charge in [0.05, 0.1) is 0 Å². The first-order chi connectivity index (χ1) is 10.1. The van der Waals surface area contributed by atoms with E-state index in [1.165, 1.54) is 16.9 Å². The smallest absolute Gasteiger partial charge is 0.206 e. The molecular formula is C17H23NO2S2. The molecule has 1 aromatic carbocycles. The van der Waals surface area contributed by atoms with Gasteiger partial charge < -0.3 is 0 Å². The summed E-state index contributed by atoms with van der Waals surface area (Å²) >= 11 is 1.30. The molecule has 0 spiro atoms. The first-order valence-corrected chi connectivity index (χ1v) is 9.62. The zero-order valence-electron chi connectivity index (χ0n) is 13.7. The van der Waals surface area contributed by atoms with Crippen molar-refractivity contribution in [1.29, 1.82) is 0 Å². The molecule has 0 unspecified atom stereocenters. The van der Waals surface area contributed by atoms with Crippen LogP contribution in [-0.4, -0.2) is 14.0 Å². The number of nitrogens with one attached hydrogen (secondary N) is 1. The Morgan fingerprint density at radius 1 is 1.09 bits per heavy atom. The molecule has 22 heavy (non-hydrogen) atoms. The molecule has 1 N–H and O–H groups in total. The molecule has 3 nitrogen and oxygen atoms in total. The van der Waals surface area contributed by atoms with E-state index in [-0.39, 0.29) is 0 Å². The van der Waals surface area contributed by atoms with Crippen molar-refractivity contribution in [1.82, 2.24) is 4.72 Å². The lowest BCUT2D eigenvalue weighted by Crippen LogP contribution is -2.40. The van der Waals surface area contributed by atoms with Crippen molar-refractivity contribution in [3.05, 3.63) is 42.0 Å². The summed E-state index contributed by atoms with van der Waals surface area (Å²) in [5, 5.41) is 0. The van der Waals surface area contributed by atoms with Gasteiger partial charge in [0.2, 0.25) is 0 Å². The van der Waals surface area contributed by atoms with Crippen LogP contribution < -0.4 is 4.72 Å². The van der Waals surface area contributed by atoms with Gasteiger partial charge in [0.25, 0.3) is 10.0 Å². The van der Waals surface area contributed by atoms with E-state index in [9.17, 15) is 8.42 Å². The average Bonchev–Trinajstić information content (AvgIpc) is 2.86. The van der Waals surface area contributed by atoms with E-state index in [1.54, 1.807) is 6.07 Å². The monoisotopic (exact) mass is 337 g/mol. The molecule has 2 aromatic rings. The summed E-state index contributed by atoms with van der Waals surface area (Å²) in [4.78, 5) is 0.969. The second-order valence-electron chi connectivity index (χ2n) is 6.75.